The summed E-state index contributed by atoms with van der Waals surface area (Å²) in [4.78, 5) is 2.20. The molecule has 0 aliphatic carbocycles. The summed E-state index contributed by atoms with van der Waals surface area (Å²) < 4.78 is 5.28. The van der Waals surface area contributed by atoms with Gasteiger partial charge in [-0.3, -0.25) is 5.41 Å². The summed E-state index contributed by atoms with van der Waals surface area (Å²) >= 11 is 0. The standard InChI is InChI=1S/C8H14N2O/c9-8-2-1-4-10(8)7-3-5-11-6-7/h7,9H,1-6H2. The molecule has 2 aliphatic heterocycles. The lowest BCUT2D eigenvalue weighted by molar-refractivity contribution is 0.176. The van der Waals surface area contributed by atoms with E-state index in [1.54, 1.807) is 0 Å². The molecule has 2 fully saturated rings. The molecule has 11 heavy (non-hydrogen) atoms. The molecule has 3 heteroatoms. The van der Waals surface area contributed by atoms with Gasteiger partial charge < -0.3 is 9.64 Å². The summed E-state index contributed by atoms with van der Waals surface area (Å²) in [5, 5.41) is 7.64. The first-order valence-corrected chi connectivity index (χ1v) is 4.30. The van der Waals surface area contributed by atoms with Crippen molar-refractivity contribution in [3.05, 3.63) is 0 Å². The summed E-state index contributed by atoms with van der Waals surface area (Å²) in [5.74, 6) is 0.820. The SMILES string of the molecule is N=C1CCCN1C1CCOC1. The average molecular weight is 154 g/mol. The van der Waals surface area contributed by atoms with Crippen molar-refractivity contribution in [3.63, 3.8) is 0 Å². The molecule has 2 saturated heterocycles. The molecule has 2 rings (SSSR count). The van der Waals surface area contributed by atoms with Gasteiger partial charge in [0.1, 0.15) is 0 Å². The van der Waals surface area contributed by atoms with Crippen molar-refractivity contribution in [1.29, 1.82) is 5.41 Å². The predicted molar refractivity (Wildman–Crippen MR) is 42.9 cm³/mol. The van der Waals surface area contributed by atoms with Crippen molar-refractivity contribution in [2.45, 2.75) is 25.3 Å². The number of nitrogens with zero attached hydrogens (tertiary/aromatic N) is 1. The van der Waals surface area contributed by atoms with E-state index in [-0.39, 0.29) is 0 Å². The molecule has 3 nitrogen and oxygen atoms in total. The van der Waals surface area contributed by atoms with Crippen LogP contribution in [0, 0.1) is 5.41 Å². The number of nitrogens with one attached hydrogen (secondary N) is 1. The van der Waals surface area contributed by atoms with Gasteiger partial charge in [-0.1, -0.05) is 0 Å². The van der Waals surface area contributed by atoms with Crippen LogP contribution in [0.4, 0.5) is 0 Å². The van der Waals surface area contributed by atoms with E-state index in [0.29, 0.717) is 6.04 Å². The fourth-order valence-electron chi connectivity index (χ4n) is 1.87. The Morgan fingerprint density at radius 3 is 3.00 bits per heavy atom. The summed E-state index contributed by atoms with van der Waals surface area (Å²) in [6, 6.07) is 0.519. The fraction of sp³-hybridized carbons (Fsp3) is 0.875. The molecule has 0 radical (unpaired) electrons. The van der Waals surface area contributed by atoms with Crippen LogP contribution in [0.25, 0.3) is 0 Å². The van der Waals surface area contributed by atoms with Gasteiger partial charge in [0.2, 0.25) is 0 Å². The summed E-state index contributed by atoms with van der Waals surface area (Å²) in [6.07, 6.45) is 3.24. The van der Waals surface area contributed by atoms with Gasteiger partial charge >= 0.3 is 0 Å². The molecule has 0 saturated carbocycles. The molecule has 1 atom stereocenters. The predicted octanol–water partition coefficient (Wildman–Crippen LogP) is 0.848. The maximum absolute atomic E-state index is 7.64. The minimum Gasteiger partial charge on any atom is -0.379 e. The Hall–Kier alpha value is -0.570. The van der Waals surface area contributed by atoms with Crippen molar-refractivity contribution in [2.75, 3.05) is 19.8 Å². The largest absolute Gasteiger partial charge is 0.379 e. The van der Waals surface area contributed by atoms with Crippen LogP contribution in [0.3, 0.4) is 0 Å². The maximum atomic E-state index is 7.64. The summed E-state index contributed by atoms with van der Waals surface area (Å²) in [6.45, 7) is 2.80. The molecule has 62 valence electrons. The molecule has 0 aromatic heterocycles. The highest BCUT2D eigenvalue weighted by Gasteiger charge is 2.27. The first-order chi connectivity index (χ1) is 5.38. The fourth-order valence-corrected chi connectivity index (χ4v) is 1.87. The van der Waals surface area contributed by atoms with Crippen LogP contribution < -0.4 is 0 Å². The zero-order chi connectivity index (χ0) is 7.68. The highest BCUT2D eigenvalue weighted by Crippen LogP contribution is 2.19. The number of rotatable bonds is 1. The van der Waals surface area contributed by atoms with Crippen LogP contribution >= 0.6 is 0 Å². The number of hydrogen-bond donors (Lipinski definition) is 1. The number of amidine groups is 1. The van der Waals surface area contributed by atoms with Gasteiger partial charge in [-0.15, -0.1) is 0 Å². The van der Waals surface area contributed by atoms with Crippen molar-refractivity contribution in [1.82, 2.24) is 4.90 Å². The zero-order valence-electron chi connectivity index (χ0n) is 6.68. The van der Waals surface area contributed by atoms with Gasteiger partial charge in [0.25, 0.3) is 0 Å². The second-order valence-electron chi connectivity index (χ2n) is 3.26. The Labute approximate surface area is 66.8 Å². The van der Waals surface area contributed by atoms with E-state index < -0.39 is 0 Å². The minimum absolute atomic E-state index is 0.519. The highest BCUT2D eigenvalue weighted by molar-refractivity contribution is 5.81. The highest BCUT2D eigenvalue weighted by atomic mass is 16.5. The quantitative estimate of drug-likeness (QED) is 0.607. The van der Waals surface area contributed by atoms with Crippen LogP contribution in [-0.4, -0.2) is 36.5 Å². The smallest absolute Gasteiger partial charge is 0.0961 e. The molecule has 1 N–H and O–H groups in total. The van der Waals surface area contributed by atoms with Crippen LogP contribution in [0.1, 0.15) is 19.3 Å². The first-order valence-electron chi connectivity index (χ1n) is 4.30. The zero-order valence-corrected chi connectivity index (χ0v) is 6.68. The lowest BCUT2D eigenvalue weighted by Crippen LogP contribution is -2.35. The van der Waals surface area contributed by atoms with E-state index in [0.717, 1.165) is 44.9 Å². The van der Waals surface area contributed by atoms with E-state index in [4.69, 9.17) is 10.1 Å². The Kier molecular flexibility index (Phi) is 1.82. The molecule has 0 aromatic carbocycles. The second-order valence-corrected chi connectivity index (χ2v) is 3.26. The number of hydrogen-bond acceptors (Lipinski definition) is 2. The average Bonchev–Trinajstić information content (AvgIpc) is 2.55. The summed E-state index contributed by atoms with van der Waals surface area (Å²) in [7, 11) is 0. The van der Waals surface area contributed by atoms with E-state index in [2.05, 4.69) is 4.90 Å². The third kappa shape index (κ3) is 1.25. The molecule has 0 bridgehead atoms. The molecule has 0 spiro atoms. The Morgan fingerprint density at radius 2 is 2.45 bits per heavy atom. The molecule has 2 heterocycles. The lowest BCUT2D eigenvalue weighted by atomic mass is 10.2. The van der Waals surface area contributed by atoms with Crippen LogP contribution in [-0.2, 0) is 4.74 Å². The topological polar surface area (TPSA) is 36.3 Å². The molecule has 2 aliphatic rings. The third-order valence-electron chi connectivity index (χ3n) is 2.51. The van der Waals surface area contributed by atoms with Crippen molar-refractivity contribution < 1.29 is 4.74 Å². The van der Waals surface area contributed by atoms with Gasteiger partial charge in [-0.2, -0.15) is 0 Å². The number of likely N-dealkylation sites (tertiary alicyclic amines) is 1. The molecular formula is C8H14N2O. The monoisotopic (exact) mass is 154 g/mol. The molecule has 0 amide bonds. The van der Waals surface area contributed by atoms with E-state index in [9.17, 15) is 0 Å². The van der Waals surface area contributed by atoms with Gasteiger partial charge in [0.15, 0.2) is 0 Å². The van der Waals surface area contributed by atoms with Crippen LogP contribution in [0.5, 0.6) is 0 Å². The van der Waals surface area contributed by atoms with Gasteiger partial charge in [-0.05, 0) is 12.8 Å². The molecule has 1 unspecified atom stereocenters. The lowest BCUT2D eigenvalue weighted by Gasteiger charge is -2.23. The maximum Gasteiger partial charge on any atom is 0.0961 e. The molecular weight excluding hydrogens is 140 g/mol. The van der Waals surface area contributed by atoms with Gasteiger partial charge in [0, 0.05) is 19.6 Å². The Bertz CT molecular complexity index is 163. The Balaban J connectivity index is 1.97. The second kappa shape index (κ2) is 2.81. The van der Waals surface area contributed by atoms with E-state index in [1.165, 1.54) is 0 Å². The number of ether oxygens (including phenoxy) is 1. The van der Waals surface area contributed by atoms with Crippen LogP contribution in [0.2, 0.25) is 0 Å². The van der Waals surface area contributed by atoms with Crippen LogP contribution in [0.15, 0.2) is 0 Å². The summed E-state index contributed by atoms with van der Waals surface area (Å²) in [5.41, 5.74) is 0. The normalized spacial score (nSPS) is 31.8. The van der Waals surface area contributed by atoms with Gasteiger partial charge in [0.05, 0.1) is 18.5 Å². The Morgan fingerprint density at radius 1 is 1.55 bits per heavy atom. The molecule has 0 aromatic rings. The first kappa shape index (κ1) is 7.10. The van der Waals surface area contributed by atoms with E-state index in [1.807, 2.05) is 0 Å². The van der Waals surface area contributed by atoms with Gasteiger partial charge in [-0.25, -0.2) is 0 Å². The van der Waals surface area contributed by atoms with Crippen molar-refractivity contribution in [3.8, 4) is 0 Å². The van der Waals surface area contributed by atoms with Crippen molar-refractivity contribution in [2.24, 2.45) is 0 Å². The van der Waals surface area contributed by atoms with E-state index >= 15 is 0 Å². The van der Waals surface area contributed by atoms with Crippen molar-refractivity contribution >= 4 is 5.84 Å². The minimum atomic E-state index is 0.519. The third-order valence-corrected chi connectivity index (χ3v) is 2.51.